The third-order valence-electron chi connectivity index (χ3n) is 7.75. The van der Waals surface area contributed by atoms with E-state index in [1.54, 1.807) is 7.11 Å². The zero-order valence-electron chi connectivity index (χ0n) is 19.6. The number of hydrogen-bond donors (Lipinski definition) is 0. The number of ether oxygens (including phenoxy) is 2. The van der Waals surface area contributed by atoms with E-state index >= 15 is 0 Å². The molecule has 2 atom stereocenters. The Bertz CT molecular complexity index is 974. The molecule has 5 heteroatoms. The zero-order valence-corrected chi connectivity index (χ0v) is 20.3. The van der Waals surface area contributed by atoms with Gasteiger partial charge in [-0.3, -0.25) is 4.90 Å². The van der Waals surface area contributed by atoms with Gasteiger partial charge in [0.2, 0.25) is 0 Å². The lowest BCUT2D eigenvalue weighted by molar-refractivity contribution is 0.0712. The van der Waals surface area contributed by atoms with Crippen LogP contribution in [0, 0.1) is 19.8 Å². The van der Waals surface area contributed by atoms with E-state index in [9.17, 15) is 0 Å². The first kappa shape index (κ1) is 21.9. The fourth-order valence-corrected chi connectivity index (χ4v) is 5.68. The minimum absolute atomic E-state index is 0.506. The molecule has 32 heavy (non-hydrogen) atoms. The number of rotatable bonds is 6. The van der Waals surface area contributed by atoms with Crippen molar-refractivity contribution in [2.75, 3.05) is 38.3 Å². The molecule has 0 amide bonds. The van der Waals surface area contributed by atoms with Gasteiger partial charge in [-0.1, -0.05) is 17.7 Å². The van der Waals surface area contributed by atoms with Crippen LogP contribution in [0.3, 0.4) is 0 Å². The van der Waals surface area contributed by atoms with Gasteiger partial charge in [0, 0.05) is 43.5 Å². The van der Waals surface area contributed by atoms with E-state index in [1.807, 2.05) is 6.07 Å². The molecule has 0 aromatic heterocycles. The molecule has 1 saturated carbocycles. The number of fused-ring (bicyclic) bond motifs is 1. The summed E-state index contributed by atoms with van der Waals surface area (Å²) in [5.41, 5.74) is 5.43. The highest BCUT2D eigenvalue weighted by Gasteiger charge is 2.36. The van der Waals surface area contributed by atoms with E-state index < -0.39 is 0 Å². The molecule has 2 aromatic carbocycles. The summed E-state index contributed by atoms with van der Waals surface area (Å²) in [7, 11) is 1.68. The highest BCUT2D eigenvalue weighted by molar-refractivity contribution is 6.32. The number of piperazine rings is 1. The van der Waals surface area contributed by atoms with E-state index in [4.69, 9.17) is 21.1 Å². The second kappa shape index (κ2) is 9.15. The lowest BCUT2D eigenvalue weighted by Crippen LogP contribution is -2.56. The molecule has 0 bridgehead atoms. The van der Waals surface area contributed by atoms with Crippen LogP contribution in [-0.4, -0.2) is 44.3 Å². The van der Waals surface area contributed by atoms with Crippen molar-refractivity contribution in [3.05, 3.63) is 52.0 Å². The maximum Gasteiger partial charge on any atom is 0.139 e. The first-order chi connectivity index (χ1) is 15.5. The predicted molar refractivity (Wildman–Crippen MR) is 131 cm³/mol. The Kier molecular flexibility index (Phi) is 6.26. The number of halogens is 1. The normalized spacial score (nSPS) is 23.7. The summed E-state index contributed by atoms with van der Waals surface area (Å²) >= 11 is 6.25. The molecule has 5 rings (SSSR count). The minimum atomic E-state index is 0.506. The maximum atomic E-state index is 6.25. The van der Waals surface area contributed by atoms with Gasteiger partial charge in [0.05, 0.1) is 18.7 Å². The van der Waals surface area contributed by atoms with Crippen molar-refractivity contribution in [1.29, 1.82) is 0 Å². The van der Waals surface area contributed by atoms with Crippen LogP contribution in [0.2, 0.25) is 5.02 Å². The molecule has 0 spiro atoms. The summed E-state index contributed by atoms with van der Waals surface area (Å²) in [5, 5.41) is 0.669. The monoisotopic (exact) mass is 454 g/mol. The van der Waals surface area contributed by atoms with Crippen LogP contribution in [0.1, 0.15) is 54.8 Å². The Hall–Kier alpha value is -1.91. The number of hydrogen-bond acceptors (Lipinski definition) is 4. The smallest absolute Gasteiger partial charge is 0.139 e. The highest BCUT2D eigenvalue weighted by atomic mass is 35.5. The molecule has 172 valence electrons. The Morgan fingerprint density at radius 3 is 2.59 bits per heavy atom. The van der Waals surface area contributed by atoms with Crippen LogP contribution in [0.15, 0.2) is 30.3 Å². The molecule has 0 radical (unpaired) electrons. The zero-order chi connectivity index (χ0) is 22.2. The third kappa shape index (κ3) is 4.32. The average Bonchev–Trinajstić information content (AvgIpc) is 3.64. The Balaban J connectivity index is 1.32. The highest BCUT2D eigenvalue weighted by Crippen LogP contribution is 2.41. The summed E-state index contributed by atoms with van der Waals surface area (Å²) in [6.45, 7) is 8.56. The minimum Gasteiger partial charge on any atom is -0.495 e. The number of methoxy groups -OCH3 is 1. The van der Waals surface area contributed by atoms with E-state index in [0.29, 0.717) is 17.1 Å². The van der Waals surface area contributed by atoms with Gasteiger partial charge in [0.1, 0.15) is 11.5 Å². The molecule has 3 aliphatic rings. The van der Waals surface area contributed by atoms with Crippen LogP contribution in [0.4, 0.5) is 5.69 Å². The Morgan fingerprint density at radius 1 is 0.969 bits per heavy atom. The van der Waals surface area contributed by atoms with Gasteiger partial charge >= 0.3 is 0 Å². The summed E-state index contributed by atoms with van der Waals surface area (Å²) in [6, 6.07) is 11.8. The van der Waals surface area contributed by atoms with Gasteiger partial charge in [0.25, 0.3) is 0 Å². The molecular weight excluding hydrogens is 420 g/mol. The van der Waals surface area contributed by atoms with Crippen LogP contribution in [0.5, 0.6) is 11.5 Å². The van der Waals surface area contributed by atoms with Gasteiger partial charge in [-0.2, -0.15) is 0 Å². The predicted octanol–water partition coefficient (Wildman–Crippen LogP) is 6.17. The molecule has 4 nitrogen and oxygen atoms in total. The van der Waals surface area contributed by atoms with Crippen molar-refractivity contribution in [3.63, 3.8) is 0 Å². The largest absolute Gasteiger partial charge is 0.495 e. The van der Waals surface area contributed by atoms with Gasteiger partial charge in [0.15, 0.2) is 0 Å². The second-order valence-corrected chi connectivity index (χ2v) is 10.2. The summed E-state index contributed by atoms with van der Waals surface area (Å²) in [6.07, 6.45) is 6.44. The topological polar surface area (TPSA) is 24.9 Å². The molecule has 2 aromatic rings. The summed E-state index contributed by atoms with van der Waals surface area (Å²) in [4.78, 5) is 5.26. The lowest BCUT2D eigenvalue weighted by Gasteiger charge is -2.49. The molecule has 2 heterocycles. The Labute approximate surface area is 197 Å². The average molecular weight is 455 g/mol. The van der Waals surface area contributed by atoms with E-state index in [2.05, 4.69) is 47.9 Å². The van der Waals surface area contributed by atoms with Gasteiger partial charge in [-0.25, -0.2) is 0 Å². The third-order valence-corrected chi connectivity index (χ3v) is 8.07. The number of piperidine rings is 1. The molecule has 0 N–H and O–H groups in total. The fraction of sp³-hybridized carbons (Fsp3) is 0.556. The molecule has 0 unspecified atom stereocenters. The second-order valence-electron chi connectivity index (χ2n) is 9.76. The van der Waals surface area contributed by atoms with E-state index in [-0.39, 0.29) is 0 Å². The van der Waals surface area contributed by atoms with Gasteiger partial charge in [-0.05, 0) is 86.8 Å². The van der Waals surface area contributed by atoms with Crippen LogP contribution >= 0.6 is 11.6 Å². The number of nitrogens with zero attached hydrogens (tertiary/aromatic N) is 2. The van der Waals surface area contributed by atoms with Crippen molar-refractivity contribution >= 4 is 17.3 Å². The SMILES string of the molecule is COc1cc(N2CCN3[C@@H](CCC[C@@H]3c3ccc(OCC4CC4)c(C)c3C)C2)ccc1Cl. The Morgan fingerprint density at radius 2 is 1.81 bits per heavy atom. The lowest BCUT2D eigenvalue weighted by atomic mass is 9.86. The van der Waals surface area contributed by atoms with E-state index in [1.165, 1.54) is 54.5 Å². The van der Waals surface area contributed by atoms with Gasteiger partial charge in [-0.15, -0.1) is 0 Å². The van der Waals surface area contributed by atoms with Crippen molar-refractivity contribution in [2.45, 2.75) is 58.0 Å². The molecule has 3 fully saturated rings. The molecule has 2 saturated heterocycles. The van der Waals surface area contributed by atoms with Crippen LogP contribution < -0.4 is 14.4 Å². The first-order valence-electron chi connectivity index (χ1n) is 12.1. The molecular formula is C27H35ClN2O2. The van der Waals surface area contributed by atoms with Crippen LogP contribution in [0.25, 0.3) is 0 Å². The van der Waals surface area contributed by atoms with Crippen molar-refractivity contribution in [2.24, 2.45) is 5.92 Å². The molecule has 2 aliphatic heterocycles. The fourth-order valence-electron chi connectivity index (χ4n) is 5.49. The van der Waals surface area contributed by atoms with Crippen molar-refractivity contribution in [3.8, 4) is 11.5 Å². The number of benzene rings is 2. The first-order valence-corrected chi connectivity index (χ1v) is 12.5. The number of anilines is 1. The molecule has 1 aliphatic carbocycles. The maximum absolute atomic E-state index is 6.25. The summed E-state index contributed by atoms with van der Waals surface area (Å²) < 4.78 is 11.6. The van der Waals surface area contributed by atoms with E-state index in [0.717, 1.165) is 43.7 Å². The van der Waals surface area contributed by atoms with Crippen LogP contribution in [-0.2, 0) is 0 Å². The quantitative estimate of drug-likeness (QED) is 0.521. The summed E-state index contributed by atoms with van der Waals surface area (Å²) in [5.74, 6) is 2.61. The van der Waals surface area contributed by atoms with Crippen molar-refractivity contribution in [1.82, 2.24) is 4.90 Å². The van der Waals surface area contributed by atoms with Gasteiger partial charge < -0.3 is 14.4 Å². The standard InChI is InChI=1S/C27H35ClN2O2/c1-18-19(2)26(32-17-20-7-8-20)12-10-23(18)25-6-4-5-22-16-29(13-14-30(22)25)21-9-11-24(28)27(15-21)31-3/h9-12,15,20,22,25H,4-8,13-14,16-17H2,1-3H3/t22-,25+/m0/s1. The van der Waals surface area contributed by atoms with Crippen molar-refractivity contribution < 1.29 is 9.47 Å².